The van der Waals surface area contributed by atoms with Crippen molar-refractivity contribution in [1.82, 2.24) is 10.3 Å². The Kier molecular flexibility index (Phi) is 5.72. The van der Waals surface area contributed by atoms with E-state index < -0.39 is 0 Å². The molecule has 10 heavy (non-hydrogen) atoms. The molecule has 0 atom stereocenters. The molecule has 2 N–H and O–H groups in total. The molecule has 0 amide bonds. The zero-order valence-corrected chi connectivity index (χ0v) is 6.52. The maximum absolute atomic E-state index is 6.43. The molecule has 58 valence electrons. The van der Waals surface area contributed by atoms with Crippen LogP contribution in [0.25, 0.3) is 0 Å². The molecule has 0 aliphatic heterocycles. The second-order valence-electron chi connectivity index (χ2n) is 2.29. The molecular formula is C6H14N4. The van der Waals surface area contributed by atoms with E-state index in [4.69, 9.17) is 5.41 Å². The smallest absolute Gasteiger partial charge is 0.111 e. The van der Waals surface area contributed by atoms with Crippen LogP contribution in [0.5, 0.6) is 0 Å². The van der Waals surface area contributed by atoms with Gasteiger partial charge in [0.15, 0.2) is 0 Å². The van der Waals surface area contributed by atoms with Crippen LogP contribution in [0, 0.1) is 5.41 Å². The van der Waals surface area contributed by atoms with Crippen LogP contribution in [0.2, 0.25) is 0 Å². The molecule has 4 nitrogen and oxygen atoms in total. The molecule has 0 aromatic heterocycles. The quantitative estimate of drug-likeness (QED) is 0.327. The zero-order chi connectivity index (χ0) is 7.82. The number of hydrazone groups is 1. The van der Waals surface area contributed by atoms with Gasteiger partial charge in [0, 0.05) is 6.54 Å². The first-order valence-corrected chi connectivity index (χ1v) is 3.26. The average Bonchev–Trinajstić information content (AvgIpc) is 1.87. The number of nitrogens with one attached hydrogen (secondary N) is 2. The lowest BCUT2D eigenvalue weighted by atomic mass is 10.4. The number of hydrogen-bond acceptors (Lipinski definition) is 4. The summed E-state index contributed by atoms with van der Waals surface area (Å²) in [5, 5.41) is 9.85. The highest BCUT2D eigenvalue weighted by molar-refractivity contribution is 5.34. The van der Waals surface area contributed by atoms with E-state index in [0.717, 1.165) is 19.5 Å². The lowest BCUT2D eigenvalue weighted by Crippen LogP contribution is -2.17. The Morgan fingerprint density at radius 3 is 2.80 bits per heavy atom. The van der Waals surface area contributed by atoms with Crippen LogP contribution < -0.4 is 5.43 Å². The summed E-state index contributed by atoms with van der Waals surface area (Å²) in [6, 6.07) is 1.91. The van der Waals surface area contributed by atoms with E-state index in [0.29, 0.717) is 0 Å². The van der Waals surface area contributed by atoms with Crippen molar-refractivity contribution < 1.29 is 0 Å². The Balaban J connectivity index is 2.98. The lowest BCUT2D eigenvalue weighted by molar-refractivity contribution is 0.396. The third-order valence-electron chi connectivity index (χ3n) is 1.03. The van der Waals surface area contributed by atoms with Crippen molar-refractivity contribution >= 4 is 6.01 Å². The molecule has 0 unspecified atom stereocenters. The largest absolute Gasteiger partial charge is 0.309 e. The minimum Gasteiger partial charge on any atom is -0.309 e. The molecule has 0 aromatic carbocycles. The van der Waals surface area contributed by atoms with Crippen molar-refractivity contribution in [3.63, 3.8) is 0 Å². The minimum atomic E-state index is 0.810. The Morgan fingerprint density at radius 1 is 1.60 bits per heavy atom. The summed E-state index contributed by atoms with van der Waals surface area (Å²) in [5.74, 6) is 0. The van der Waals surface area contributed by atoms with Crippen LogP contribution >= 0.6 is 0 Å². The SMILES string of the molecule is CN(C)CCCNN=C=N. The molecule has 0 fully saturated rings. The molecule has 0 rings (SSSR count). The Morgan fingerprint density at radius 2 is 2.30 bits per heavy atom. The summed E-state index contributed by atoms with van der Waals surface area (Å²) in [5.41, 5.74) is 2.69. The van der Waals surface area contributed by atoms with Crippen molar-refractivity contribution in [2.24, 2.45) is 5.10 Å². The van der Waals surface area contributed by atoms with Crippen LogP contribution in [0.15, 0.2) is 5.10 Å². The summed E-state index contributed by atoms with van der Waals surface area (Å²) in [7, 11) is 4.06. The van der Waals surface area contributed by atoms with Gasteiger partial charge in [0.2, 0.25) is 0 Å². The molecule has 0 aromatic rings. The third-order valence-corrected chi connectivity index (χ3v) is 1.03. The number of nitrogens with zero attached hydrogens (tertiary/aromatic N) is 2. The van der Waals surface area contributed by atoms with Crippen LogP contribution in [-0.4, -0.2) is 38.1 Å². The Hall–Kier alpha value is -0.860. The van der Waals surface area contributed by atoms with E-state index in [9.17, 15) is 0 Å². The predicted octanol–water partition coefficient (Wildman–Crippen LogP) is 0.195. The van der Waals surface area contributed by atoms with Gasteiger partial charge in [-0.15, -0.1) is 5.10 Å². The minimum absolute atomic E-state index is 0.810. The van der Waals surface area contributed by atoms with Crippen molar-refractivity contribution in [2.45, 2.75) is 6.42 Å². The fourth-order valence-corrected chi connectivity index (χ4v) is 0.570. The standard InChI is InChI=1S/C6H14N4/c1-10(2)5-3-4-8-9-6-7/h7-8H,3-5H2,1-2H3. The summed E-state index contributed by atoms with van der Waals surface area (Å²) >= 11 is 0. The summed E-state index contributed by atoms with van der Waals surface area (Å²) in [4.78, 5) is 2.11. The second-order valence-corrected chi connectivity index (χ2v) is 2.29. The highest BCUT2D eigenvalue weighted by atomic mass is 15.3. The Labute approximate surface area is 61.4 Å². The van der Waals surface area contributed by atoms with E-state index in [1.54, 1.807) is 0 Å². The molecule has 0 aliphatic rings. The number of hydrogen-bond donors (Lipinski definition) is 2. The van der Waals surface area contributed by atoms with Gasteiger partial charge in [-0.1, -0.05) is 0 Å². The van der Waals surface area contributed by atoms with E-state index in [1.165, 1.54) is 0 Å². The summed E-state index contributed by atoms with van der Waals surface area (Å²) in [6.45, 7) is 1.85. The summed E-state index contributed by atoms with van der Waals surface area (Å²) in [6.07, 6.45) is 1.04. The van der Waals surface area contributed by atoms with E-state index >= 15 is 0 Å². The molecule has 0 spiro atoms. The Bertz CT molecular complexity index is 115. The van der Waals surface area contributed by atoms with Crippen molar-refractivity contribution in [3.05, 3.63) is 0 Å². The van der Waals surface area contributed by atoms with Crippen molar-refractivity contribution in [3.8, 4) is 0 Å². The monoisotopic (exact) mass is 142 g/mol. The van der Waals surface area contributed by atoms with Crippen LogP contribution in [0.1, 0.15) is 6.42 Å². The molecular weight excluding hydrogens is 128 g/mol. The third kappa shape index (κ3) is 7.14. The first kappa shape index (κ1) is 9.14. The molecule has 0 bridgehead atoms. The van der Waals surface area contributed by atoms with Crippen molar-refractivity contribution in [1.29, 1.82) is 5.41 Å². The molecule has 0 saturated carbocycles. The van der Waals surface area contributed by atoms with Gasteiger partial charge in [-0.2, -0.15) is 0 Å². The topological polar surface area (TPSA) is 51.5 Å². The van der Waals surface area contributed by atoms with Crippen LogP contribution in [0.3, 0.4) is 0 Å². The molecule has 0 radical (unpaired) electrons. The van der Waals surface area contributed by atoms with Gasteiger partial charge >= 0.3 is 0 Å². The fraction of sp³-hybridized carbons (Fsp3) is 0.833. The normalized spacial score (nSPS) is 9.10. The van der Waals surface area contributed by atoms with Gasteiger partial charge in [-0.3, -0.25) is 0 Å². The van der Waals surface area contributed by atoms with E-state index in [2.05, 4.69) is 15.4 Å². The lowest BCUT2D eigenvalue weighted by Gasteiger charge is -2.07. The highest BCUT2D eigenvalue weighted by Gasteiger charge is 1.87. The van der Waals surface area contributed by atoms with Gasteiger partial charge in [-0.25, -0.2) is 5.41 Å². The first-order chi connectivity index (χ1) is 4.77. The van der Waals surface area contributed by atoms with Crippen LogP contribution in [-0.2, 0) is 0 Å². The fourth-order valence-electron chi connectivity index (χ4n) is 0.570. The maximum Gasteiger partial charge on any atom is 0.111 e. The molecule has 0 aliphatic carbocycles. The first-order valence-electron chi connectivity index (χ1n) is 3.26. The van der Waals surface area contributed by atoms with Gasteiger partial charge in [0.1, 0.15) is 6.01 Å². The van der Waals surface area contributed by atoms with Gasteiger partial charge in [0.05, 0.1) is 0 Å². The van der Waals surface area contributed by atoms with Gasteiger partial charge in [-0.05, 0) is 27.1 Å². The molecule has 4 heteroatoms. The average molecular weight is 142 g/mol. The maximum atomic E-state index is 6.43. The molecule has 0 saturated heterocycles. The van der Waals surface area contributed by atoms with E-state index in [1.807, 2.05) is 20.1 Å². The highest BCUT2D eigenvalue weighted by Crippen LogP contribution is 1.79. The number of rotatable bonds is 5. The summed E-state index contributed by atoms with van der Waals surface area (Å²) < 4.78 is 0. The van der Waals surface area contributed by atoms with Gasteiger partial charge in [0.25, 0.3) is 0 Å². The van der Waals surface area contributed by atoms with Gasteiger partial charge < -0.3 is 10.3 Å². The van der Waals surface area contributed by atoms with Crippen LogP contribution in [0.4, 0.5) is 0 Å². The second kappa shape index (κ2) is 6.26. The van der Waals surface area contributed by atoms with Crippen molar-refractivity contribution in [2.75, 3.05) is 27.2 Å². The zero-order valence-electron chi connectivity index (χ0n) is 6.52. The molecule has 0 heterocycles. The predicted molar refractivity (Wildman–Crippen MR) is 41.3 cm³/mol. The van der Waals surface area contributed by atoms with E-state index in [-0.39, 0.29) is 0 Å².